The van der Waals surface area contributed by atoms with E-state index in [0.717, 1.165) is 17.0 Å². The number of carbonyl (C=O) groups excluding carboxylic acids is 1. The van der Waals surface area contributed by atoms with E-state index in [0.29, 0.717) is 16.8 Å². The molecule has 1 aliphatic heterocycles. The summed E-state index contributed by atoms with van der Waals surface area (Å²) in [6.07, 6.45) is 1.44. The summed E-state index contributed by atoms with van der Waals surface area (Å²) in [6.45, 7) is 4.00. The maximum absolute atomic E-state index is 12.3. The van der Waals surface area contributed by atoms with Crippen LogP contribution in [0.4, 0.5) is 0 Å². The maximum atomic E-state index is 12.3. The predicted octanol–water partition coefficient (Wildman–Crippen LogP) is 1.86. The van der Waals surface area contributed by atoms with Gasteiger partial charge < -0.3 is 4.74 Å². The van der Waals surface area contributed by atoms with E-state index in [1.165, 1.54) is 23.4 Å². The molecule has 2 atom stereocenters. The molecule has 0 fully saturated rings. The maximum Gasteiger partial charge on any atom is 0.319 e. The van der Waals surface area contributed by atoms with Crippen LogP contribution in [0.1, 0.15) is 26.0 Å². The van der Waals surface area contributed by atoms with Crippen molar-refractivity contribution < 1.29 is 9.53 Å². The van der Waals surface area contributed by atoms with Gasteiger partial charge >= 0.3 is 5.97 Å². The lowest BCUT2D eigenvalue weighted by molar-refractivity contribution is -0.140. The molecule has 0 bridgehead atoms. The Balaban J connectivity index is 2.34. The molecule has 110 valence electrons. The fraction of sp³-hybridized carbons (Fsp3) is 0.615. The summed E-state index contributed by atoms with van der Waals surface area (Å²) in [5.41, 5.74) is 0.833. The number of hydrogen-bond acceptors (Lipinski definition) is 6. The first-order valence-corrected chi connectivity index (χ1v) is 8.24. The van der Waals surface area contributed by atoms with E-state index >= 15 is 0 Å². The molecule has 7 heteroatoms. The highest BCUT2D eigenvalue weighted by Gasteiger charge is 2.27. The SMILES string of the molecule is CC[C@@H](Sc1nc2c(c(=O)n1C)S[C@@H](C)C2)C(=O)OC. The second-order valence-electron chi connectivity index (χ2n) is 4.70. The number of hydrogen-bond donors (Lipinski definition) is 0. The van der Waals surface area contributed by atoms with Crippen molar-refractivity contribution in [1.29, 1.82) is 0 Å². The molecule has 0 aliphatic carbocycles. The first-order valence-electron chi connectivity index (χ1n) is 6.49. The number of carbonyl (C=O) groups is 1. The van der Waals surface area contributed by atoms with Crippen molar-refractivity contribution in [1.82, 2.24) is 9.55 Å². The van der Waals surface area contributed by atoms with Gasteiger partial charge in [-0.25, -0.2) is 4.98 Å². The number of esters is 1. The van der Waals surface area contributed by atoms with Crippen molar-refractivity contribution >= 4 is 29.5 Å². The summed E-state index contributed by atoms with van der Waals surface area (Å²) < 4.78 is 6.30. The number of rotatable bonds is 4. The van der Waals surface area contributed by atoms with E-state index in [1.54, 1.807) is 18.8 Å². The lowest BCUT2D eigenvalue weighted by Gasteiger charge is -2.14. The summed E-state index contributed by atoms with van der Waals surface area (Å²) in [4.78, 5) is 29.3. The highest BCUT2D eigenvalue weighted by molar-refractivity contribution is 8.00. The van der Waals surface area contributed by atoms with Crippen LogP contribution in [0.15, 0.2) is 14.8 Å². The van der Waals surface area contributed by atoms with Crippen LogP contribution in [0.3, 0.4) is 0 Å². The molecular formula is C13H18N2O3S2. The molecule has 0 saturated heterocycles. The molecule has 0 unspecified atom stereocenters. The zero-order valence-corrected chi connectivity index (χ0v) is 13.6. The monoisotopic (exact) mass is 314 g/mol. The third-order valence-electron chi connectivity index (χ3n) is 3.16. The molecule has 1 aromatic heterocycles. The number of fused-ring (bicyclic) bond motifs is 1. The molecule has 0 saturated carbocycles. The lowest BCUT2D eigenvalue weighted by Crippen LogP contribution is -2.25. The highest BCUT2D eigenvalue weighted by Crippen LogP contribution is 2.34. The van der Waals surface area contributed by atoms with E-state index in [-0.39, 0.29) is 16.8 Å². The second-order valence-corrected chi connectivity index (χ2v) is 7.32. The zero-order valence-electron chi connectivity index (χ0n) is 12.0. The summed E-state index contributed by atoms with van der Waals surface area (Å²) >= 11 is 2.88. The Morgan fingerprint density at radius 3 is 2.95 bits per heavy atom. The Hall–Kier alpha value is -0.950. The van der Waals surface area contributed by atoms with E-state index in [4.69, 9.17) is 4.74 Å². The first kappa shape index (κ1) is 15.4. The lowest BCUT2D eigenvalue weighted by atomic mass is 10.2. The summed E-state index contributed by atoms with van der Waals surface area (Å²) in [7, 11) is 3.07. The summed E-state index contributed by atoms with van der Waals surface area (Å²) in [5.74, 6) is -0.282. The van der Waals surface area contributed by atoms with Crippen LogP contribution < -0.4 is 5.56 Å². The van der Waals surface area contributed by atoms with Crippen LogP contribution in [-0.2, 0) is 23.0 Å². The van der Waals surface area contributed by atoms with Crippen LogP contribution in [0, 0.1) is 0 Å². The van der Waals surface area contributed by atoms with Crippen LogP contribution in [0.2, 0.25) is 0 Å². The zero-order chi connectivity index (χ0) is 14.9. The van der Waals surface area contributed by atoms with Gasteiger partial charge in [-0.1, -0.05) is 25.6 Å². The minimum Gasteiger partial charge on any atom is -0.468 e. The van der Waals surface area contributed by atoms with Gasteiger partial charge in [0.05, 0.1) is 17.7 Å². The van der Waals surface area contributed by atoms with Crippen molar-refractivity contribution in [3.8, 4) is 0 Å². The van der Waals surface area contributed by atoms with Crippen LogP contribution in [0.5, 0.6) is 0 Å². The van der Waals surface area contributed by atoms with Gasteiger partial charge in [0.25, 0.3) is 5.56 Å². The smallest absolute Gasteiger partial charge is 0.319 e. The molecule has 0 amide bonds. The molecule has 5 nitrogen and oxygen atoms in total. The first-order chi connectivity index (χ1) is 9.47. The predicted molar refractivity (Wildman–Crippen MR) is 80.5 cm³/mol. The van der Waals surface area contributed by atoms with Crippen molar-refractivity contribution in [2.75, 3.05) is 7.11 Å². The Labute approximate surface area is 126 Å². The van der Waals surface area contributed by atoms with E-state index in [1.807, 2.05) is 6.92 Å². The second kappa shape index (κ2) is 6.22. The number of ether oxygens (including phenoxy) is 1. The van der Waals surface area contributed by atoms with Gasteiger partial charge in [0.1, 0.15) is 5.25 Å². The standard InChI is InChI=1S/C13H18N2O3S2/c1-5-9(12(17)18-4)20-13-14-8-6-7(2)19-10(8)11(16)15(13)3/h7,9H,5-6H2,1-4H3/t7-,9+/m0/s1. The minimum absolute atomic E-state index is 0.0217. The molecule has 1 aliphatic rings. The molecule has 1 aromatic rings. The van der Waals surface area contributed by atoms with Gasteiger partial charge in [-0.2, -0.15) is 0 Å². The molecule has 0 N–H and O–H groups in total. The van der Waals surface area contributed by atoms with Gasteiger partial charge in [0, 0.05) is 18.7 Å². The molecule has 2 rings (SSSR count). The molecular weight excluding hydrogens is 296 g/mol. The molecule has 0 aromatic carbocycles. The van der Waals surface area contributed by atoms with E-state index < -0.39 is 0 Å². The average molecular weight is 314 g/mol. The topological polar surface area (TPSA) is 61.2 Å². The van der Waals surface area contributed by atoms with E-state index in [9.17, 15) is 9.59 Å². The van der Waals surface area contributed by atoms with Gasteiger partial charge in [0.2, 0.25) is 0 Å². The molecule has 0 spiro atoms. The molecule has 0 radical (unpaired) electrons. The molecule has 20 heavy (non-hydrogen) atoms. The third kappa shape index (κ3) is 2.88. The third-order valence-corrected chi connectivity index (χ3v) is 5.76. The summed E-state index contributed by atoms with van der Waals surface area (Å²) in [5, 5.41) is 0.636. The summed E-state index contributed by atoms with van der Waals surface area (Å²) in [6, 6.07) is 0. The van der Waals surface area contributed by atoms with Crippen molar-refractivity contribution in [3.05, 3.63) is 16.0 Å². The number of thioether (sulfide) groups is 2. The van der Waals surface area contributed by atoms with Crippen molar-refractivity contribution in [2.24, 2.45) is 7.05 Å². The Morgan fingerprint density at radius 1 is 1.65 bits per heavy atom. The van der Waals surface area contributed by atoms with Crippen LogP contribution in [0.25, 0.3) is 0 Å². The minimum atomic E-state index is -0.331. The quantitative estimate of drug-likeness (QED) is 0.480. The fourth-order valence-corrected chi connectivity index (χ4v) is 4.20. The fourth-order valence-electron chi connectivity index (χ4n) is 2.04. The van der Waals surface area contributed by atoms with Crippen molar-refractivity contribution in [2.45, 2.75) is 47.2 Å². The Morgan fingerprint density at radius 2 is 2.35 bits per heavy atom. The normalized spacial score (nSPS) is 18.7. The largest absolute Gasteiger partial charge is 0.468 e. The molecule has 2 heterocycles. The van der Waals surface area contributed by atoms with Gasteiger partial charge in [0.15, 0.2) is 5.16 Å². The van der Waals surface area contributed by atoms with E-state index in [2.05, 4.69) is 11.9 Å². The van der Waals surface area contributed by atoms with Gasteiger partial charge in [-0.3, -0.25) is 14.2 Å². The van der Waals surface area contributed by atoms with Crippen LogP contribution in [-0.4, -0.2) is 33.1 Å². The number of aromatic nitrogens is 2. The number of nitrogens with zero attached hydrogens (tertiary/aromatic N) is 2. The number of methoxy groups -OCH3 is 1. The Bertz CT molecular complexity index is 586. The van der Waals surface area contributed by atoms with Crippen molar-refractivity contribution in [3.63, 3.8) is 0 Å². The van der Waals surface area contributed by atoms with Crippen LogP contribution >= 0.6 is 23.5 Å². The van der Waals surface area contributed by atoms with Gasteiger partial charge in [-0.15, -0.1) is 11.8 Å². The highest BCUT2D eigenvalue weighted by atomic mass is 32.2. The van der Waals surface area contributed by atoms with Gasteiger partial charge in [-0.05, 0) is 6.42 Å². The average Bonchev–Trinajstić information content (AvgIpc) is 2.81. The Kier molecular flexibility index (Phi) is 4.80.